The number of carbonyl (C=O) groups is 3. The maximum absolute atomic E-state index is 12.2. The predicted molar refractivity (Wildman–Crippen MR) is 76.4 cm³/mol. The molecule has 0 saturated carbocycles. The van der Waals surface area contributed by atoms with Crippen LogP contribution in [0.3, 0.4) is 0 Å². The number of carboxylic acid groups (broad SMARTS) is 1. The van der Waals surface area contributed by atoms with Crippen molar-refractivity contribution in [1.29, 1.82) is 0 Å². The number of amides is 2. The van der Waals surface area contributed by atoms with E-state index in [0.717, 1.165) is 11.0 Å². The van der Waals surface area contributed by atoms with Crippen LogP contribution in [-0.4, -0.2) is 27.9 Å². The Bertz CT molecular complexity index is 614. The fraction of sp³-hybridized carbons (Fsp3) is 0.333. The van der Waals surface area contributed by atoms with Gasteiger partial charge in [0, 0.05) is 18.9 Å². The first-order valence-electron chi connectivity index (χ1n) is 6.52. The molecule has 2 rings (SSSR count). The molecule has 1 aromatic rings. The number of aliphatic carboxylic acids is 1. The minimum atomic E-state index is -1.09. The third kappa shape index (κ3) is 3.53. The molecule has 1 fully saturated rings. The summed E-state index contributed by atoms with van der Waals surface area (Å²) < 4.78 is 0. The highest BCUT2D eigenvalue weighted by atomic mass is 16.4. The molecule has 6 heteroatoms. The number of hydrogen-bond acceptors (Lipinski definition) is 4. The molecule has 0 unspecified atom stereocenters. The molecule has 0 radical (unpaired) electrons. The average Bonchev–Trinajstić information content (AvgIpc) is 2.34. The number of rotatable bonds is 3. The molecule has 0 atom stereocenters. The molecule has 0 aromatic carbocycles. The fourth-order valence-corrected chi connectivity index (χ4v) is 2.25. The van der Waals surface area contributed by atoms with E-state index in [1.54, 1.807) is 18.2 Å². The van der Waals surface area contributed by atoms with Gasteiger partial charge in [-0.3, -0.25) is 9.59 Å². The molecule has 2 heterocycles. The number of piperidine rings is 1. The Hall–Kier alpha value is -2.50. The Balaban J connectivity index is 2.30. The zero-order chi connectivity index (χ0) is 15.6. The standard InChI is InChI=1S/C15H16N2O4/c1-15(2)8-12(18)17(13(19)9-15)11-5-3-4-10(16-11)6-7-14(20)21/h3-7H,8-9H2,1-2H3,(H,20,21). The average molecular weight is 288 g/mol. The summed E-state index contributed by atoms with van der Waals surface area (Å²) in [5.74, 6) is -1.44. The summed E-state index contributed by atoms with van der Waals surface area (Å²) in [6, 6.07) is 4.79. The SMILES string of the molecule is CC1(C)CC(=O)N(c2cccc(C=CC(=O)O)n2)C(=O)C1. The summed E-state index contributed by atoms with van der Waals surface area (Å²) >= 11 is 0. The van der Waals surface area contributed by atoms with E-state index in [1.165, 1.54) is 6.08 Å². The summed E-state index contributed by atoms with van der Waals surface area (Å²) in [5, 5.41) is 8.60. The van der Waals surface area contributed by atoms with Crippen LogP contribution < -0.4 is 4.90 Å². The molecule has 1 aliphatic rings. The van der Waals surface area contributed by atoms with Crippen molar-refractivity contribution in [3.8, 4) is 0 Å². The number of nitrogens with zero attached hydrogens (tertiary/aromatic N) is 2. The van der Waals surface area contributed by atoms with Crippen molar-refractivity contribution in [2.75, 3.05) is 4.90 Å². The van der Waals surface area contributed by atoms with E-state index in [1.807, 2.05) is 13.8 Å². The third-order valence-corrected chi connectivity index (χ3v) is 3.14. The summed E-state index contributed by atoms with van der Waals surface area (Å²) in [4.78, 5) is 40.0. The van der Waals surface area contributed by atoms with Crippen LogP contribution in [-0.2, 0) is 14.4 Å². The molecular weight excluding hydrogens is 272 g/mol. The van der Waals surface area contributed by atoms with Crippen LogP contribution in [0.5, 0.6) is 0 Å². The first-order chi connectivity index (χ1) is 9.78. The van der Waals surface area contributed by atoms with Gasteiger partial charge in [0.25, 0.3) is 0 Å². The number of carboxylic acids is 1. The third-order valence-electron chi connectivity index (χ3n) is 3.14. The smallest absolute Gasteiger partial charge is 0.328 e. The first-order valence-corrected chi connectivity index (χ1v) is 6.52. The van der Waals surface area contributed by atoms with Crippen molar-refractivity contribution in [2.45, 2.75) is 26.7 Å². The Morgan fingerprint density at radius 1 is 1.29 bits per heavy atom. The van der Waals surface area contributed by atoms with Gasteiger partial charge in [0.1, 0.15) is 5.82 Å². The van der Waals surface area contributed by atoms with Crippen LogP contribution >= 0.6 is 0 Å². The summed E-state index contributed by atoms with van der Waals surface area (Å²) in [5.41, 5.74) is 0.0335. The van der Waals surface area contributed by atoms with Crippen LogP contribution in [0, 0.1) is 5.41 Å². The number of aromatic nitrogens is 1. The molecule has 1 N–H and O–H groups in total. The van der Waals surface area contributed by atoms with Crippen molar-refractivity contribution in [3.05, 3.63) is 30.0 Å². The second kappa shape index (κ2) is 5.47. The second-order valence-corrected chi connectivity index (χ2v) is 5.73. The van der Waals surface area contributed by atoms with Crippen LogP contribution in [0.25, 0.3) is 6.08 Å². The molecule has 110 valence electrons. The van der Waals surface area contributed by atoms with E-state index in [-0.39, 0.29) is 35.9 Å². The number of carbonyl (C=O) groups excluding carboxylic acids is 2. The van der Waals surface area contributed by atoms with Gasteiger partial charge in [-0.25, -0.2) is 14.7 Å². The lowest BCUT2D eigenvalue weighted by Gasteiger charge is -2.34. The predicted octanol–water partition coefficient (Wildman–Crippen LogP) is 1.86. The summed E-state index contributed by atoms with van der Waals surface area (Å²) in [6.07, 6.45) is 2.81. The van der Waals surface area contributed by atoms with Gasteiger partial charge >= 0.3 is 5.97 Å². The molecule has 0 bridgehead atoms. The molecule has 1 aliphatic heterocycles. The van der Waals surface area contributed by atoms with Crippen LogP contribution in [0.4, 0.5) is 5.82 Å². The van der Waals surface area contributed by atoms with E-state index in [4.69, 9.17) is 5.11 Å². The van der Waals surface area contributed by atoms with Gasteiger partial charge in [-0.05, 0) is 23.6 Å². The van der Waals surface area contributed by atoms with Gasteiger partial charge in [-0.1, -0.05) is 19.9 Å². The topological polar surface area (TPSA) is 87.6 Å². The quantitative estimate of drug-likeness (QED) is 0.677. The fourth-order valence-electron chi connectivity index (χ4n) is 2.25. The molecule has 2 amide bonds. The van der Waals surface area contributed by atoms with Crippen molar-refractivity contribution < 1.29 is 19.5 Å². The molecule has 0 spiro atoms. The van der Waals surface area contributed by atoms with Gasteiger partial charge in [-0.15, -0.1) is 0 Å². The normalized spacial score (nSPS) is 18.3. The van der Waals surface area contributed by atoms with E-state index >= 15 is 0 Å². The Kier molecular flexibility index (Phi) is 3.88. The highest BCUT2D eigenvalue weighted by Gasteiger charge is 2.38. The Labute approximate surface area is 122 Å². The lowest BCUT2D eigenvalue weighted by molar-refractivity contribution is -0.133. The number of hydrogen-bond donors (Lipinski definition) is 1. The number of anilines is 1. The summed E-state index contributed by atoms with van der Waals surface area (Å²) in [6.45, 7) is 3.75. The first kappa shape index (κ1) is 14.9. The number of pyridine rings is 1. The van der Waals surface area contributed by atoms with Gasteiger partial charge in [0.05, 0.1) is 5.69 Å². The van der Waals surface area contributed by atoms with E-state index in [9.17, 15) is 14.4 Å². The lowest BCUT2D eigenvalue weighted by Crippen LogP contribution is -2.46. The highest BCUT2D eigenvalue weighted by molar-refractivity contribution is 6.16. The zero-order valence-electron chi connectivity index (χ0n) is 11.9. The molecule has 1 saturated heterocycles. The molecule has 6 nitrogen and oxygen atoms in total. The molecule has 1 aromatic heterocycles. The monoisotopic (exact) mass is 288 g/mol. The minimum Gasteiger partial charge on any atom is -0.478 e. The van der Waals surface area contributed by atoms with Gasteiger partial charge in [0.15, 0.2) is 0 Å². The van der Waals surface area contributed by atoms with Crippen molar-refractivity contribution in [3.63, 3.8) is 0 Å². The molecule has 0 aliphatic carbocycles. The maximum atomic E-state index is 12.2. The van der Waals surface area contributed by atoms with Crippen LogP contribution in [0.2, 0.25) is 0 Å². The highest BCUT2D eigenvalue weighted by Crippen LogP contribution is 2.33. The van der Waals surface area contributed by atoms with E-state index in [2.05, 4.69) is 4.98 Å². The van der Waals surface area contributed by atoms with Crippen molar-refractivity contribution in [1.82, 2.24) is 4.98 Å². The minimum absolute atomic E-state index is 0.230. The Morgan fingerprint density at radius 2 is 1.90 bits per heavy atom. The van der Waals surface area contributed by atoms with Gasteiger partial charge in [0.2, 0.25) is 11.8 Å². The van der Waals surface area contributed by atoms with Crippen molar-refractivity contribution >= 4 is 29.7 Å². The molecule has 21 heavy (non-hydrogen) atoms. The lowest BCUT2D eigenvalue weighted by atomic mass is 9.82. The van der Waals surface area contributed by atoms with Gasteiger partial charge in [-0.2, -0.15) is 0 Å². The van der Waals surface area contributed by atoms with Crippen molar-refractivity contribution in [2.24, 2.45) is 5.41 Å². The van der Waals surface area contributed by atoms with Gasteiger partial charge < -0.3 is 5.11 Å². The number of imide groups is 1. The second-order valence-electron chi connectivity index (χ2n) is 5.73. The van der Waals surface area contributed by atoms with E-state index in [0.29, 0.717) is 5.69 Å². The summed E-state index contributed by atoms with van der Waals surface area (Å²) in [7, 11) is 0. The van der Waals surface area contributed by atoms with Crippen LogP contribution in [0.1, 0.15) is 32.4 Å². The van der Waals surface area contributed by atoms with Crippen LogP contribution in [0.15, 0.2) is 24.3 Å². The maximum Gasteiger partial charge on any atom is 0.328 e. The largest absolute Gasteiger partial charge is 0.478 e. The van der Waals surface area contributed by atoms with E-state index < -0.39 is 5.97 Å². The zero-order valence-corrected chi connectivity index (χ0v) is 11.9. The Morgan fingerprint density at radius 3 is 2.48 bits per heavy atom. The molecular formula is C15H16N2O4.